The van der Waals surface area contributed by atoms with Gasteiger partial charge in [0.25, 0.3) is 0 Å². The van der Waals surface area contributed by atoms with Gasteiger partial charge in [-0.2, -0.15) is 0 Å². The lowest BCUT2D eigenvalue weighted by atomic mass is 10.2. The van der Waals surface area contributed by atoms with Crippen LogP contribution in [0.2, 0.25) is 0 Å². The Kier molecular flexibility index (Phi) is 4.32. The molecule has 6 nitrogen and oxygen atoms in total. The first-order valence-electron chi connectivity index (χ1n) is 7.26. The molecule has 3 rings (SSSR count). The highest BCUT2D eigenvalue weighted by atomic mass is 16.5. The monoisotopic (exact) mass is 269 g/mol. The summed E-state index contributed by atoms with van der Waals surface area (Å²) >= 11 is 0. The zero-order valence-electron chi connectivity index (χ0n) is 11.3. The van der Waals surface area contributed by atoms with E-state index in [4.69, 9.17) is 9.47 Å². The van der Waals surface area contributed by atoms with E-state index in [-0.39, 0.29) is 11.9 Å². The summed E-state index contributed by atoms with van der Waals surface area (Å²) in [5.41, 5.74) is 0. The molecular weight excluding hydrogens is 246 g/mol. The Morgan fingerprint density at radius 2 is 1.95 bits per heavy atom. The second kappa shape index (κ2) is 6.17. The molecular formula is C13H23N3O3. The minimum atomic E-state index is -0.141. The SMILES string of the molecule is O=C(C1COCCN1)N1CCC(N2CCOCC2)C1. The number of carbonyl (C=O) groups excluding carboxylic acids is 1. The molecule has 0 bridgehead atoms. The number of rotatable bonds is 2. The number of nitrogens with one attached hydrogen (secondary N) is 1. The fourth-order valence-electron chi connectivity index (χ4n) is 3.13. The molecule has 0 spiro atoms. The van der Waals surface area contributed by atoms with Crippen molar-refractivity contribution in [3.05, 3.63) is 0 Å². The number of morpholine rings is 2. The highest BCUT2D eigenvalue weighted by Gasteiger charge is 2.34. The van der Waals surface area contributed by atoms with Crippen LogP contribution in [0.4, 0.5) is 0 Å². The first-order chi connectivity index (χ1) is 9.34. The molecule has 3 saturated heterocycles. The molecule has 1 N–H and O–H groups in total. The van der Waals surface area contributed by atoms with Gasteiger partial charge in [-0.1, -0.05) is 0 Å². The maximum Gasteiger partial charge on any atom is 0.242 e. The number of nitrogens with zero attached hydrogens (tertiary/aromatic N) is 2. The second-order valence-corrected chi connectivity index (χ2v) is 5.46. The molecule has 108 valence electrons. The summed E-state index contributed by atoms with van der Waals surface area (Å²) in [7, 11) is 0. The van der Waals surface area contributed by atoms with Crippen molar-refractivity contribution in [2.45, 2.75) is 18.5 Å². The van der Waals surface area contributed by atoms with Crippen LogP contribution in [0, 0.1) is 0 Å². The molecule has 2 unspecified atom stereocenters. The number of likely N-dealkylation sites (tertiary alicyclic amines) is 1. The van der Waals surface area contributed by atoms with Crippen molar-refractivity contribution < 1.29 is 14.3 Å². The Balaban J connectivity index is 1.51. The summed E-state index contributed by atoms with van der Waals surface area (Å²) in [4.78, 5) is 16.8. The zero-order valence-corrected chi connectivity index (χ0v) is 11.3. The van der Waals surface area contributed by atoms with Gasteiger partial charge in [-0.3, -0.25) is 9.69 Å². The van der Waals surface area contributed by atoms with Gasteiger partial charge in [0.05, 0.1) is 26.4 Å². The number of hydrogen-bond acceptors (Lipinski definition) is 5. The van der Waals surface area contributed by atoms with E-state index in [1.165, 1.54) is 0 Å². The molecule has 3 aliphatic rings. The van der Waals surface area contributed by atoms with Gasteiger partial charge in [-0.15, -0.1) is 0 Å². The lowest BCUT2D eigenvalue weighted by Crippen LogP contribution is -2.53. The Morgan fingerprint density at radius 1 is 1.11 bits per heavy atom. The van der Waals surface area contributed by atoms with Gasteiger partial charge in [0.1, 0.15) is 6.04 Å². The van der Waals surface area contributed by atoms with Gasteiger partial charge in [0.2, 0.25) is 5.91 Å². The van der Waals surface area contributed by atoms with Gasteiger partial charge in [-0.05, 0) is 6.42 Å². The molecule has 6 heteroatoms. The van der Waals surface area contributed by atoms with Crippen LogP contribution in [-0.2, 0) is 14.3 Å². The van der Waals surface area contributed by atoms with Crippen molar-refractivity contribution in [2.75, 3.05) is 59.2 Å². The summed E-state index contributed by atoms with van der Waals surface area (Å²) in [6, 6.07) is 0.370. The fourth-order valence-corrected chi connectivity index (χ4v) is 3.13. The van der Waals surface area contributed by atoms with Crippen molar-refractivity contribution in [1.29, 1.82) is 0 Å². The average Bonchev–Trinajstić information content (AvgIpc) is 2.98. The summed E-state index contributed by atoms with van der Waals surface area (Å²) in [5.74, 6) is 0.204. The van der Waals surface area contributed by atoms with Crippen LogP contribution in [0.5, 0.6) is 0 Å². The lowest BCUT2D eigenvalue weighted by molar-refractivity contribution is -0.135. The van der Waals surface area contributed by atoms with Gasteiger partial charge >= 0.3 is 0 Å². The highest BCUT2D eigenvalue weighted by molar-refractivity contribution is 5.82. The third-order valence-corrected chi connectivity index (χ3v) is 4.26. The van der Waals surface area contributed by atoms with E-state index in [2.05, 4.69) is 10.2 Å². The van der Waals surface area contributed by atoms with Gasteiger partial charge < -0.3 is 19.7 Å². The quantitative estimate of drug-likeness (QED) is 0.690. The minimum absolute atomic E-state index is 0.141. The lowest BCUT2D eigenvalue weighted by Gasteiger charge is -2.32. The summed E-state index contributed by atoms with van der Waals surface area (Å²) in [5, 5.41) is 3.24. The smallest absolute Gasteiger partial charge is 0.242 e. The molecule has 0 aromatic rings. The van der Waals surface area contributed by atoms with Gasteiger partial charge in [0, 0.05) is 38.8 Å². The predicted octanol–water partition coefficient (Wildman–Crippen LogP) is -1.09. The molecule has 3 heterocycles. The first kappa shape index (κ1) is 13.3. The topological polar surface area (TPSA) is 54.0 Å². The van der Waals surface area contributed by atoms with Gasteiger partial charge in [0.15, 0.2) is 0 Å². The van der Waals surface area contributed by atoms with Crippen LogP contribution in [0.15, 0.2) is 0 Å². The molecule has 0 saturated carbocycles. The number of carbonyl (C=O) groups is 1. The van der Waals surface area contributed by atoms with E-state index in [1.54, 1.807) is 0 Å². The summed E-state index contributed by atoms with van der Waals surface area (Å²) in [6.45, 7) is 7.37. The normalized spacial score (nSPS) is 33.6. The molecule has 1 amide bonds. The zero-order chi connectivity index (χ0) is 13.1. The van der Waals surface area contributed by atoms with E-state index in [0.717, 1.165) is 52.4 Å². The molecule has 0 aromatic heterocycles. The van der Waals surface area contributed by atoms with Crippen LogP contribution >= 0.6 is 0 Å². The fraction of sp³-hybridized carbons (Fsp3) is 0.923. The second-order valence-electron chi connectivity index (χ2n) is 5.46. The molecule has 0 aromatic carbocycles. The van der Waals surface area contributed by atoms with Crippen molar-refractivity contribution in [3.63, 3.8) is 0 Å². The molecule has 19 heavy (non-hydrogen) atoms. The first-order valence-corrected chi connectivity index (χ1v) is 7.26. The van der Waals surface area contributed by atoms with Crippen LogP contribution in [-0.4, -0.2) is 86.9 Å². The van der Waals surface area contributed by atoms with Crippen molar-refractivity contribution in [1.82, 2.24) is 15.1 Å². The summed E-state index contributed by atoms with van der Waals surface area (Å²) < 4.78 is 10.7. The van der Waals surface area contributed by atoms with E-state index in [9.17, 15) is 4.79 Å². The highest BCUT2D eigenvalue weighted by Crippen LogP contribution is 2.18. The largest absolute Gasteiger partial charge is 0.379 e. The van der Waals surface area contributed by atoms with Crippen molar-refractivity contribution >= 4 is 5.91 Å². The number of amides is 1. The number of ether oxygens (including phenoxy) is 2. The third-order valence-electron chi connectivity index (χ3n) is 4.26. The molecule has 0 radical (unpaired) electrons. The van der Waals surface area contributed by atoms with E-state index >= 15 is 0 Å². The maximum atomic E-state index is 12.4. The van der Waals surface area contributed by atoms with Crippen LogP contribution in [0.25, 0.3) is 0 Å². The third kappa shape index (κ3) is 3.08. The molecule has 3 fully saturated rings. The standard InChI is InChI=1S/C13H23N3O3/c17-13(12-10-19-6-2-14-12)16-3-1-11(9-16)15-4-7-18-8-5-15/h11-12,14H,1-10H2. The minimum Gasteiger partial charge on any atom is -0.379 e. The van der Waals surface area contributed by atoms with Crippen LogP contribution < -0.4 is 5.32 Å². The maximum absolute atomic E-state index is 12.4. The average molecular weight is 269 g/mol. The Labute approximate surface area is 114 Å². The predicted molar refractivity (Wildman–Crippen MR) is 70.0 cm³/mol. The Morgan fingerprint density at radius 3 is 2.68 bits per heavy atom. The van der Waals surface area contributed by atoms with Crippen LogP contribution in [0.3, 0.4) is 0 Å². The van der Waals surface area contributed by atoms with Crippen molar-refractivity contribution in [3.8, 4) is 0 Å². The summed E-state index contributed by atoms with van der Waals surface area (Å²) in [6.07, 6.45) is 1.08. The van der Waals surface area contributed by atoms with Crippen LogP contribution in [0.1, 0.15) is 6.42 Å². The van der Waals surface area contributed by atoms with E-state index < -0.39 is 0 Å². The van der Waals surface area contributed by atoms with Crippen molar-refractivity contribution in [2.24, 2.45) is 0 Å². The molecule has 0 aliphatic carbocycles. The number of hydrogen-bond donors (Lipinski definition) is 1. The van der Waals surface area contributed by atoms with E-state index in [0.29, 0.717) is 19.3 Å². The van der Waals surface area contributed by atoms with Gasteiger partial charge in [-0.25, -0.2) is 0 Å². The Hall–Kier alpha value is -0.690. The van der Waals surface area contributed by atoms with E-state index in [1.807, 2.05) is 4.90 Å². The molecule has 3 aliphatic heterocycles. The molecule has 2 atom stereocenters. The Bertz CT molecular complexity index is 314.